The summed E-state index contributed by atoms with van der Waals surface area (Å²) in [4.78, 5) is 15.0. The molecular weight excluding hydrogens is 436 g/mol. The zero-order valence-electron chi connectivity index (χ0n) is 22.5. The average molecular weight is 491 g/mol. The first kappa shape index (κ1) is 27.2. The second kappa shape index (κ2) is 13.1. The highest BCUT2D eigenvalue weighted by molar-refractivity contribution is 5.67. The summed E-state index contributed by atoms with van der Waals surface area (Å²) in [5, 5.41) is 3.42. The van der Waals surface area contributed by atoms with E-state index in [9.17, 15) is 4.79 Å². The van der Waals surface area contributed by atoms with Crippen molar-refractivity contribution in [2.45, 2.75) is 103 Å². The number of nitrogens with two attached hydrogens (primary N) is 2. The van der Waals surface area contributed by atoms with Crippen LogP contribution in [0.2, 0.25) is 0 Å². The third-order valence-electron chi connectivity index (χ3n) is 10.4. The van der Waals surface area contributed by atoms with E-state index in [1.165, 1.54) is 51.4 Å². The zero-order valence-corrected chi connectivity index (χ0v) is 22.5. The van der Waals surface area contributed by atoms with Crippen molar-refractivity contribution < 1.29 is 9.53 Å². The fraction of sp³-hybridized carbons (Fsp3) is 0.966. The van der Waals surface area contributed by atoms with E-state index < -0.39 is 0 Å². The largest absolute Gasteiger partial charge is 0.446 e. The molecule has 4 fully saturated rings. The van der Waals surface area contributed by atoms with E-state index in [4.69, 9.17) is 16.2 Å². The zero-order chi connectivity index (χ0) is 24.7. The third kappa shape index (κ3) is 6.73. The van der Waals surface area contributed by atoms with Crippen LogP contribution in [0.1, 0.15) is 96.8 Å². The molecule has 1 amide bonds. The molecule has 202 valence electrons. The SMILES string of the molecule is C[C@@]12CCC[C@H]1[C@@H]1CCC3CC(OC(=O)N(CCCN)CCCCNCCCN)CCC3[C@H]1CC2. The van der Waals surface area contributed by atoms with Crippen LogP contribution in [0.5, 0.6) is 0 Å². The summed E-state index contributed by atoms with van der Waals surface area (Å²) in [6.07, 6.45) is 17.5. The summed E-state index contributed by atoms with van der Waals surface area (Å²) in [7, 11) is 0. The predicted octanol–water partition coefficient (Wildman–Crippen LogP) is 4.90. The number of rotatable bonds is 12. The molecule has 4 saturated carbocycles. The van der Waals surface area contributed by atoms with Crippen LogP contribution >= 0.6 is 0 Å². The maximum atomic E-state index is 13.1. The van der Waals surface area contributed by atoms with Crippen LogP contribution in [0.25, 0.3) is 0 Å². The van der Waals surface area contributed by atoms with Crippen LogP contribution in [0.15, 0.2) is 0 Å². The first-order chi connectivity index (χ1) is 17.1. The smallest absolute Gasteiger partial charge is 0.410 e. The molecule has 5 N–H and O–H groups in total. The summed E-state index contributed by atoms with van der Waals surface area (Å²) in [6, 6.07) is 0. The van der Waals surface area contributed by atoms with Crippen LogP contribution in [-0.4, -0.2) is 56.4 Å². The minimum absolute atomic E-state index is 0.105. The molecule has 6 nitrogen and oxygen atoms in total. The number of nitrogens with zero attached hydrogens (tertiary/aromatic N) is 1. The van der Waals surface area contributed by atoms with Crippen molar-refractivity contribution in [3.05, 3.63) is 0 Å². The van der Waals surface area contributed by atoms with Crippen molar-refractivity contribution in [3.63, 3.8) is 0 Å². The second-order valence-corrected chi connectivity index (χ2v) is 12.6. The molecule has 4 rings (SSSR count). The number of nitrogens with one attached hydrogen (secondary N) is 1. The Morgan fingerprint density at radius 3 is 2.49 bits per heavy atom. The van der Waals surface area contributed by atoms with Crippen molar-refractivity contribution in [1.29, 1.82) is 0 Å². The number of carbonyl (C=O) groups excluding carboxylic acids is 1. The van der Waals surface area contributed by atoms with E-state index in [1.54, 1.807) is 0 Å². The molecule has 0 aromatic rings. The van der Waals surface area contributed by atoms with E-state index in [-0.39, 0.29) is 12.2 Å². The van der Waals surface area contributed by atoms with Crippen molar-refractivity contribution in [2.75, 3.05) is 39.3 Å². The van der Waals surface area contributed by atoms with Gasteiger partial charge in [0.15, 0.2) is 0 Å². The van der Waals surface area contributed by atoms with Crippen molar-refractivity contribution >= 4 is 6.09 Å². The van der Waals surface area contributed by atoms with Gasteiger partial charge in [-0.1, -0.05) is 13.3 Å². The van der Waals surface area contributed by atoms with Crippen LogP contribution in [0.4, 0.5) is 4.79 Å². The Morgan fingerprint density at radius 2 is 1.66 bits per heavy atom. The van der Waals surface area contributed by atoms with Gasteiger partial charge in [0.2, 0.25) is 0 Å². The summed E-state index contributed by atoms with van der Waals surface area (Å²) in [6.45, 7) is 7.36. The van der Waals surface area contributed by atoms with Gasteiger partial charge in [0.25, 0.3) is 0 Å². The molecule has 0 aromatic heterocycles. The summed E-state index contributed by atoms with van der Waals surface area (Å²) in [5.41, 5.74) is 11.9. The molecule has 0 heterocycles. The van der Waals surface area contributed by atoms with Gasteiger partial charge in [0.05, 0.1) is 0 Å². The average Bonchev–Trinajstić information content (AvgIpc) is 3.26. The van der Waals surface area contributed by atoms with Crippen molar-refractivity contribution in [3.8, 4) is 0 Å². The Labute approximate surface area is 214 Å². The van der Waals surface area contributed by atoms with E-state index in [0.717, 1.165) is 94.3 Å². The number of amides is 1. The molecular formula is C29H54N4O2. The van der Waals surface area contributed by atoms with E-state index in [0.29, 0.717) is 18.5 Å². The van der Waals surface area contributed by atoms with Gasteiger partial charge in [-0.05, 0) is 145 Å². The molecule has 4 aliphatic carbocycles. The molecule has 0 spiro atoms. The number of hydrogen-bond acceptors (Lipinski definition) is 5. The molecule has 0 aliphatic heterocycles. The van der Waals surface area contributed by atoms with Gasteiger partial charge >= 0.3 is 6.09 Å². The predicted molar refractivity (Wildman–Crippen MR) is 143 cm³/mol. The molecule has 0 saturated heterocycles. The van der Waals surface area contributed by atoms with Crippen molar-refractivity contribution in [1.82, 2.24) is 10.2 Å². The van der Waals surface area contributed by atoms with Gasteiger partial charge < -0.3 is 26.4 Å². The summed E-state index contributed by atoms with van der Waals surface area (Å²) >= 11 is 0. The lowest BCUT2D eigenvalue weighted by Gasteiger charge is -2.55. The highest BCUT2D eigenvalue weighted by Gasteiger charge is 2.53. The third-order valence-corrected chi connectivity index (χ3v) is 10.4. The van der Waals surface area contributed by atoms with E-state index >= 15 is 0 Å². The number of hydrogen-bond donors (Lipinski definition) is 3. The van der Waals surface area contributed by atoms with Crippen LogP contribution in [0, 0.1) is 35.0 Å². The molecule has 6 heteroatoms. The Morgan fingerprint density at radius 1 is 0.886 bits per heavy atom. The quantitative estimate of drug-likeness (QED) is 0.338. The molecule has 0 bridgehead atoms. The minimum atomic E-state index is -0.105. The summed E-state index contributed by atoms with van der Waals surface area (Å²) in [5.74, 6) is 4.57. The fourth-order valence-corrected chi connectivity index (χ4v) is 8.61. The Bertz CT molecular complexity index is 661. The van der Waals surface area contributed by atoms with Gasteiger partial charge in [-0.3, -0.25) is 0 Å². The van der Waals surface area contributed by atoms with Crippen LogP contribution in [-0.2, 0) is 4.74 Å². The maximum absolute atomic E-state index is 13.1. The Hall–Kier alpha value is -0.850. The summed E-state index contributed by atoms with van der Waals surface area (Å²) < 4.78 is 6.15. The fourth-order valence-electron chi connectivity index (χ4n) is 8.61. The lowest BCUT2D eigenvalue weighted by molar-refractivity contribution is -0.0716. The van der Waals surface area contributed by atoms with Crippen LogP contribution < -0.4 is 16.8 Å². The number of ether oxygens (including phenoxy) is 1. The van der Waals surface area contributed by atoms with Gasteiger partial charge in [-0.25, -0.2) is 4.79 Å². The Kier molecular flexibility index (Phi) is 10.2. The highest BCUT2D eigenvalue weighted by atomic mass is 16.6. The second-order valence-electron chi connectivity index (χ2n) is 12.6. The first-order valence-electron chi connectivity index (χ1n) is 15.1. The molecule has 3 unspecified atom stereocenters. The standard InChI is InChI=1S/C29H54N4O2/c1-29-13-4-7-27(29)26-10-8-22-21-23(9-11-24(22)25(26)12-14-29)35-28(34)33(20-6-16-31)19-3-2-17-32-18-5-15-30/h22-27,32H,2-21,30-31H2,1H3/t22?,23?,24?,25-,26-,27+,29+/m1/s1. The topological polar surface area (TPSA) is 93.6 Å². The van der Waals surface area contributed by atoms with Crippen molar-refractivity contribution in [2.24, 2.45) is 46.5 Å². The monoisotopic (exact) mass is 490 g/mol. The normalized spacial score (nSPS) is 36.2. The number of unbranched alkanes of at least 4 members (excludes halogenated alkanes) is 1. The van der Waals surface area contributed by atoms with Gasteiger partial charge in [-0.2, -0.15) is 0 Å². The van der Waals surface area contributed by atoms with Gasteiger partial charge in [0, 0.05) is 13.1 Å². The van der Waals surface area contributed by atoms with Gasteiger partial charge in [0.1, 0.15) is 6.10 Å². The molecule has 4 aliphatic rings. The lowest BCUT2D eigenvalue weighted by atomic mass is 9.50. The molecule has 7 atom stereocenters. The number of carbonyl (C=O) groups is 1. The van der Waals surface area contributed by atoms with Crippen LogP contribution in [0.3, 0.4) is 0 Å². The van der Waals surface area contributed by atoms with Gasteiger partial charge in [-0.15, -0.1) is 0 Å². The molecule has 35 heavy (non-hydrogen) atoms. The minimum Gasteiger partial charge on any atom is -0.446 e. The lowest BCUT2D eigenvalue weighted by Crippen LogP contribution is -2.48. The van der Waals surface area contributed by atoms with E-state index in [1.807, 2.05) is 4.90 Å². The molecule has 0 radical (unpaired) electrons. The van der Waals surface area contributed by atoms with E-state index in [2.05, 4.69) is 12.2 Å². The Balaban J connectivity index is 1.23. The highest BCUT2D eigenvalue weighted by Crippen LogP contribution is 2.62. The first-order valence-corrected chi connectivity index (χ1v) is 15.1. The maximum Gasteiger partial charge on any atom is 0.410 e. The molecule has 0 aromatic carbocycles. The number of fused-ring (bicyclic) bond motifs is 5.